The third-order valence-corrected chi connectivity index (χ3v) is 2.38. The predicted octanol–water partition coefficient (Wildman–Crippen LogP) is 4.05. The third-order valence-electron chi connectivity index (χ3n) is 1.82. The zero-order chi connectivity index (χ0) is 12.2. The average Bonchev–Trinajstić information content (AvgIpc) is 2.17. The van der Waals surface area contributed by atoms with Crippen molar-refractivity contribution in [2.24, 2.45) is 0 Å². The van der Waals surface area contributed by atoms with Crippen molar-refractivity contribution in [2.45, 2.75) is 19.2 Å². The van der Waals surface area contributed by atoms with Gasteiger partial charge in [-0.2, -0.15) is 0 Å². The minimum Gasteiger partial charge on any atom is -0.403 e. The SMILES string of the molecule is Fc1ccc(CCCBr)cc1OC(F)(F)F. The molecule has 1 rings (SSSR count). The Morgan fingerprint density at radius 3 is 2.50 bits per heavy atom. The fraction of sp³-hybridized carbons (Fsp3) is 0.400. The summed E-state index contributed by atoms with van der Waals surface area (Å²) in [6, 6.07) is 3.50. The van der Waals surface area contributed by atoms with Gasteiger partial charge in [-0.15, -0.1) is 13.2 Å². The standard InChI is InChI=1S/C10H9BrF4O/c11-5-1-2-7-3-4-8(12)9(6-7)16-10(13,14)15/h3-4,6H,1-2,5H2. The van der Waals surface area contributed by atoms with Gasteiger partial charge >= 0.3 is 6.36 Å². The largest absolute Gasteiger partial charge is 0.573 e. The second-order valence-electron chi connectivity index (χ2n) is 3.11. The molecule has 1 aromatic rings. The summed E-state index contributed by atoms with van der Waals surface area (Å²) in [5.41, 5.74) is 0.611. The van der Waals surface area contributed by atoms with Gasteiger partial charge < -0.3 is 4.74 Å². The molecule has 0 atom stereocenters. The molecular weight excluding hydrogens is 292 g/mol. The molecule has 90 valence electrons. The lowest BCUT2D eigenvalue weighted by molar-refractivity contribution is -0.275. The lowest BCUT2D eigenvalue weighted by Crippen LogP contribution is -2.18. The van der Waals surface area contributed by atoms with Gasteiger partial charge in [0.2, 0.25) is 0 Å². The molecule has 0 bridgehead atoms. The summed E-state index contributed by atoms with van der Waals surface area (Å²) in [4.78, 5) is 0. The lowest BCUT2D eigenvalue weighted by Gasteiger charge is -2.10. The molecule has 0 N–H and O–H groups in total. The van der Waals surface area contributed by atoms with Crippen LogP contribution < -0.4 is 4.74 Å². The second kappa shape index (κ2) is 5.52. The van der Waals surface area contributed by atoms with Gasteiger partial charge in [0.25, 0.3) is 0 Å². The first-order valence-electron chi connectivity index (χ1n) is 4.52. The van der Waals surface area contributed by atoms with Gasteiger partial charge in [-0.1, -0.05) is 22.0 Å². The number of rotatable bonds is 4. The van der Waals surface area contributed by atoms with Crippen LogP contribution in [0.4, 0.5) is 17.6 Å². The smallest absolute Gasteiger partial charge is 0.403 e. The number of halogens is 5. The van der Waals surface area contributed by atoms with Crippen molar-refractivity contribution in [3.63, 3.8) is 0 Å². The summed E-state index contributed by atoms with van der Waals surface area (Å²) in [6.45, 7) is 0. The second-order valence-corrected chi connectivity index (χ2v) is 3.90. The number of ether oxygens (including phenoxy) is 1. The number of aryl methyl sites for hydroxylation is 1. The van der Waals surface area contributed by atoms with Gasteiger partial charge in [-0.25, -0.2) is 4.39 Å². The minimum absolute atomic E-state index is 0.569. The first kappa shape index (κ1) is 13.3. The van der Waals surface area contributed by atoms with Crippen molar-refractivity contribution in [3.05, 3.63) is 29.6 Å². The Kier molecular flexibility index (Phi) is 4.58. The Morgan fingerprint density at radius 1 is 1.25 bits per heavy atom. The van der Waals surface area contributed by atoms with Crippen LogP contribution in [-0.2, 0) is 6.42 Å². The Labute approximate surface area is 98.5 Å². The number of hydrogen-bond donors (Lipinski definition) is 0. The summed E-state index contributed by atoms with van der Waals surface area (Å²) in [5, 5.41) is 0.736. The zero-order valence-electron chi connectivity index (χ0n) is 8.15. The average molecular weight is 301 g/mol. The van der Waals surface area contributed by atoms with E-state index >= 15 is 0 Å². The van der Waals surface area contributed by atoms with Crippen molar-refractivity contribution in [2.75, 3.05) is 5.33 Å². The molecule has 0 aliphatic rings. The predicted molar refractivity (Wildman–Crippen MR) is 55.2 cm³/mol. The normalized spacial score (nSPS) is 11.6. The number of hydrogen-bond acceptors (Lipinski definition) is 1. The molecule has 0 aromatic heterocycles. The van der Waals surface area contributed by atoms with E-state index in [4.69, 9.17) is 0 Å². The van der Waals surface area contributed by atoms with E-state index in [2.05, 4.69) is 20.7 Å². The fourth-order valence-corrected chi connectivity index (χ4v) is 1.46. The Balaban J connectivity index is 2.82. The van der Waals surface area contributed by atoms with Crippen molar-refractivity contribution in [1.29, 1.82) is 0 Å². The van der Waals surface area contributed by atoms with Crippen LogP contribution in [0.3, 0.4) is 0 Å². The van der Waals surface area contributed by atoms with Crippen LogP contribution in [0, 0.1) is 5.82 Å². The molecule has 0 radical (unpaired) electrons. The van der Waals surface area contributed by atoms with Gasteiger partial charge in [0.1, 0.15) is 0 Å². The summed E-state index contributed by atoms with van der Waals surface area (Å²) < 4.78 is 52.3. The highest BCUT2D eigenvalue weighted by Gasteiger charge is 2.32. The van der Waals surface area contributed by atoms with Gasteiger partial charge in [0.15, 0.2) is 11.6 Å². The van der Waals surface area contributed by atoms with E-state index in [9.17, 15) is 17.6 Å². The van der Waals surface area contributed by atoms with Crippen LogP contribution in [0.1, 0.15) is 12.0 Å². The van der Waals surface area contributed by atoms with E-state index in [1.165, 1.54) is 6.07 Å². The van der Waals surface area contributed by atoms with E-state index in [1.807, 2.05) is 0 Å². The molecule has 0 saturated heterocycles. The fourth-order valence-electron chi connectivity index (χ4n) is 1.18. The zero-order valence-corrected chi connectivity index (χ0v) is 9.74. The summed E-state index contributed by atoms with van der Waals surface area (Å²) in [7, 11) is 0. The molecule has 0 spiro atoms. The maximum atomic E-state index is 13.0. The molecule has 0 heterocycles. The van der Waals surface area contributed by atoms with Crippen molar-refractivity contribution in [1.82, 2.24) is 0 Å². The van der Waals surface area contributed by atoms with Crippen LogP contribution in [0.15, 0.2) is 18.2 Å². The molecule has 0 saturated carbocycles. The van der Waals surface area contributed by atoms with Gasteiger partial charge in [0.05, 0.1) is 0 Å². The van der Waals surface area contributed by atoms with E-state index in [0.29, 0.717) is 12.0 Å². The monoisotopic (exact) mass is 300 g/mol. The summed E-state index contributed by atoms with van der Waals surface area (Å²) in [5.74, 6) is -1.79. The van der Waals surface area contributed by atoms with E-state index < -0.39 is 17.9 Å². The molecule has 1 nitrogen and oxygen atoms in total. The van der Waals surface area contributed by atoms with Gasteiger partial charge in [-0.3, -0.25) is 0 Å². The maximum absolute atomic E-state index is 13.0. The molecule has 0 unspecified atom stereocenters. The Hall–Kier alpha value is -0.780. The van der Waals surface area contributed by atoms with Crippen LogP contribution in [-0.4, -0.2) is 11.7 Å². The number of alkyl halides is 4. The highest BCUT2D eigenvalue weighted by atomic mass is 79.9. The molecule has 16 heavy (non-hydrogen) atoms. The first-order chi connectivity index (χ1) is 7.42. The van der Waals surface area contributed by atoms with Crippen LogP contribution >= 0.6 is 15.9 Å². The highest BCUT2D eigenvalue weighted by molar-refractivity contribution is 9.09. The van der Waals surface area contributed by atoms with Crippen LogP contribution in [0.5, 0.6) is 5.75 Å². The van der Waals surface area contributed by atoms with Gasteiger partial charge in [0, 0.05) is 5.33 Å². The molecule has 0 fully saturated rings. The third kappa shape index (κ3) is 4.38. The van der Waals surface area contributed by atoms with Crippen molar-refractivity contribution < 1.29 is 22.3 Å². The topological polar surface area (TPSA) is 9.23 Å². The lowest BCUT2D eigenvalue weighted by atomic mass is 10.1. The maximum Gasteiger partial charge on any atom is 0.573 e. The Bertz CT molecular complexity index is 351. The van der Waals surface area contributed by atoms with E-state index in [-0.39, 0.29) is 0 Å². The molecule has 6 heteroatoms. The molecule has 1 aromatic carbocycles. The summed E-state index contributed by atoms with van der Waals surface area (Å²) in [6.07, 6.45) is -3.54. The summed E-state index contributed by atoms with van der Waals surface area (Å²) >= 11 is 3.20. The minimum atomic E-state index is -4.87. The van der Waals surface area contributed by atoms with Crippen molar-refractivity contribution >= 4 is 15.9 Å². The van der Waals surface area contributed by atoms with Crippen molar-refractivity contribution in [3.8, 4) is 5.75 Å². The van der Waals surface area contributed by atoms with Crippen LogP contribution in [0.2, 0.25) is 0 Å². The molecular formula is C10H9BrF4O. The highest BCUT2D eigenvalue weighted by Crippen LogP contribution is 2.26. The number of benzene rings is 1. The Morgan fingerprint density at radius 2 is 1.94 bits per heavy atom. The quantitative estimate of drug-likeness (QED) is 0.602. The van der Waals surface area contributed by atoms with E-state index in [0.717, 1.165) is 23.9 Å². The van der Waals surface area contributed by atoms with Crippen LogP contribution in [0.25, 0.3) is 0 Å². The van der Waals surface area contributed by atoms with E-state index in [1.54, 1.807) is 0 Å². The molecule has 0 aliphatic carbocycles. The van der Waals surface area contributed by atoms with Gasteiger partial charge in [-0.05, 0) is 30.5 Å². The molecule has 0 amide bonds. The first-order valence-corrected chi connectivity index (χ1v) is 5.64. The molecule has 0 aliphatic heterocycles.